The largest absolute Gasteiger partial charge is 0.373 e. The summed E-state index contributed by atoms with van der Waals surface area (Å²) in [6, 6.07) is 0. The molecule has 1 saturated heterocycles. The standard InChI is InChI=1S/C8H18N2O/c1-8(11-6-4-9)3-2-5-10-7-8/h10H,2-7,9H2,1H3. The summed E-state index contributed by atoms with van der Waals surface area (Å²) in [5, 5.41) is 3.32. The quantitative estimate of drug-likeness (QED) is 0.612. The van der Waals surface area contributed by atoms with Gasteiger partial charge in [-0.25, -0.2) is 0 Å². The maximum absolute atomic E-state index is 5.63. The van der Waals surface area contributed by atoms with E-state index < -0.39 is 0 Å². The molecule has 0 aromatic carbocycles. The zero-order valence-corrected chi connectivity index (χ0v) is 7.23. The van der Waals surface area contributed by atoms with Gasteiger partial charge in [0.2, 0.25) is 0 Å². The monoisotopic (exact) mass is 158 g/mol. The number of piperidine rings is 1. The van der Waals surface area contributed by atoms with Crippen molar-refractivity contribution in [2.24, 2.45) is 5.73 Å². The molecule has 0 bridgehead atoms. The topological polar surface area (TPSA) is 47.3 Å². The Morgan fingerprint density at radius 1 is 1.64 bits per heavy atom. The fraction of sp³-hybridized carbons (Fsp3) is 1.00. The van der Waals surface area contributed by atoms with E-state index in [1.807, 2.05) is 0 Å². The van der Waals surface area contributed by atoms with Gasteiger partial charge in [-0.3, -0.25) is 0 Å². The van der Waals surface area contributed by atoms with Crippen LogP contribution in [0.4, 0.5) is 0 Å². The Morgan fingerprint density at radius 2 is 2.45 bits per heavy atom. The zero-order chi connectivity index (χ0) is 8.16. The molecule has 0 aliphatic carbocycles. The molecule has 0 radical (unpaired) electrons. The molecule has 0 aromatic rings. The first-order chi connectivity index (χ1) is 5.27. The number of hydrogen-bond acceptors (Lipinski definition) is 3. The fourth-order valence-corrected chi connectivity index (χ4v) is 1.46. The third-order valence-electron chi connectivity index (χ3n) is 2.13. The lowest BCUT2D eigenvalue weighted by atomic mass is 9.96. The Balaban J connectivity index is 2.25. The van der Waals surface area contributed by atoms with Crippen LogP contribution in [0.1, 0.15) is 19.8 Å². The maximum Gasteiger partial charge on any atom is 0.0779 e. The van der Waals surface area contributed by atoms with Crippen molar-refractivity contribution in [3.63, 3.8) is 0 Å². The molecule has 1 rings (SSSR count). The second kappa shape index (κ2) is 4.04. The summed E-state index contributed by atoms with van der Waals surface area (Å²) >= 11 is 0. The van der Waals surface area contributed by atoms with Gasteiger partial charge in [-0.15, -0.1) is 0 Å². The van der Waals surface area contributed by atoms with Gasteiger partial charge in [-0.2, -0.15) is 0 Å². The second-order valence-electron chi connectivity index (χ2n) is 3.37. The lowest BCUT2D eigenvalue weighted by molar-refractivity contribution is -0.0426. The molecule has 0 saturated carbocycles. The highest BCUT2D eigenvalue weighted by molar-refractivity contribution is 4.82. The molecule has 1 unspecified atom stereocenters. The van der Waals surface area contributed by atoms with Crippen molar-refractivity contribution in [3.8, 4) is 0 Å². The van der Waals surface area contributed by atoms with Crippen molar-refractivity contribution in [2.45, 2.75) is 25.4 Å². The third-order valence-corrected chi connectivity index (χ3v) is 2.13. The van der Waals surface area contributed by atoms with Gasteiger partial charge in [-0.1, -0.05) is 0 Å². The molecule has 1 aliphatic rings. The van der Waals surface area contributed by atoms with Gasteiger partial charge < -0.3 is 15.8 Å². The summed E-state index contributed by atoms with van der Waals surface area (Å²) in [6.45, 7) is 5.54. The van der Waals surface area contributed by atoms with E-state index in [0.717, 1.165) is 19.5 Å². The Labute approximate surface area is 68.3 Å². The summed E-state index contributed by atoms with van der Waals surface area (Å²) in [4.78, 5) is 0. The average molecular weight is 158 g/mol. The molecular formula is C8H18N2O. The van der Waals surface area contributed by atoms with Gasteiger partial charge in [0, 0.05) is 13.1 Å². The highest BCUT2D eigenvalue weighted by atomic mass is 16.5. The van der Waals surface area contributed by atoms with E-state index in [2.05, 4.69) is 12.2 Å². The van der Waals surface area contributed by atoms with E-state index in [-0.39, 0.29) is 5.60 Å². The van der Waals surface area contributed by atoms with Crippen LogP contribution >= 0.6 is 0 Å². The Morgan fingerprint density at radius 3 is 3.00 bits per heavy atom. The minimum atomic E-state index is 0.0393. The van der Waals surface area contributed by atoms with Crippen LogP contribution in [-0.4, -0.2) is 31.8 Å². The minimum Gasteiger partial charge on any atom is -0.373 e. The van der Waals surface area contributed by atoms with Crippen LogP contribution in [-0.2, 0) is 4.74 Å². The van der Waals surface area contributed by atoms with E-state index in [9.17, 15) is 0 Å². The Hall–Kier alpha value is -0.120. The van der Waals surface area contributed by atoms with Crippen LogP contribution in [0.3, 0.4) is 0 Å². The van der Waals surface area contributed by atoms with Crippen LogP contribution < -0.4 is 11.1 Å². The van der Waals surface area contributed by atoms with Gasteiger partial charge in [0.1, 0.15) is 0 Å². The van der Waals surface area contributed by atoms with Gasteiger partial charge in [0.15, 0.2) is 0 Å². The van der Waals surface area contributed by atoms with Gasteiger partial charge in [-0.05, 0) is 26.3 Å². The van der Waals surface area contributed by atoms with Crippen molar-refractivity contribution < 1.29 is 4.74 Å². The van der Waals surface area contributed by atoms with Gasteiger partial charge in [0.05, 0.1) is 12.2 Å². The van der Waals surface area contributed by atoms with Crippen LogP contribution in [0.15, 0.2) is 0 Å². The summed E-state index contributed by atoms with van der Waals surface area (Å²) in [5.41, 5.74) is 5.40. The van der Waals surface area contributed by atoms with E-state index in [1.165, 1.54) is 6.42 Å². The lowest BCUT2D eigenvalue weighted by Crippen LogP contribution is -2.46. The fourth-order valence-electron chi connectivity index (χ4n) is 1.46. The van der Waals surface area contributed by atoms with Crippen LogP contribution in [0.25, 0.3) is 0 Å². The maximum atomic E-state index is 5.63. The van der Waals surface area contributed by atoms with Crippen molar-refractivity contribution >= 4 is 0 Å². The molecule has 3 N–H and O–H groups in total. The molecule has 0 spiro atoms. The predicted octanol–water partition coefficient (Wildman–Crippen LogP) is 0.104. The minimum absolute atomic E-state index is 0.0393. The molecule has 0 aromatic heterocycles. The van der Waals surface area contributed by atoms with Crippen molar-refractivity contribution in [3.05, 3.63) is 0 Å². The lowest BCUT2D eigenvalue weighted by Gasteiger charge is -2.34. The van der Waals surface area contributed by atoms with Crippen LogP contribution in [0.2, 0.25) is 0 Å². The summed E-state index contributed by atoms with van der Waals surface area (Å²) < 4.78 is 5.63. The average Bonchev–Trinajstić information content (AvgIpc) is 2.03. The number of nitrogens with one attached hydrogen (secondary N) is 1. The van der Waals surface area contributed by atoms with Crippen LogP contribution in [0, 0.1) is 0 Å². The second-order valence-corrected chi connectivity index (χ2v) is 3.37. The van der Waals surface area contributed by atoms with Crippen molar-refractivity contribution in [1.29, 1.82) is 0 Å². The van der Waals surface area contributed by atoms with E-state index in [1.54, 1.807) is 0 Å². The SMILES string of the molecule is CC1(OCCN)CCCNC1. The van der Waals surface area contributed by atoms with Crippen LogP contribution in [0.5, 0.6) is 0 Å². The number of rotatable bonds is 3. The molecular weight excluding hydrogens is 140 g/mol. The molecule has 11 heavy (non-hydrogen) atoms. The molecule has 1 atom stereocenters. The summed E-state index contributed by atoms with van der Waals surface area (Å²) in [7, 11) is 0. The van der Waals surface area contributed by atoms with Crippen molar-refractivity contribution in [2.75, 3.05) is 26.2 Å². The molecule has 3 nitrogen and oxygen atoms in total. The van der Waals surface area contributed by atoms with Gasteiger partial charge >= 0.3 is 0 Å². The normalized spacial score (nSPS) is 32.2. The molecule has 1 heterocycles. The number of hydrogen-bond donors (Lipinski definition) is 2. The zero-order valence-electron chi connectivity index (χ0n) is 7.23. The Bertz CT molecular complexity index is 111. The molecule has 66 valence electrons. The first kappa shape index (κ1) is 8.97. The summed E-state index contributed by atoms with van der Waals surface area (Å²) in [5.74, 6) is 0. The smallest absolute Gasteiger partial charge is 0.0779 e. The molecule has 1 aliphatic heterocycles. The van der Waals surface area contributed by atoms with E-state index in [0.29, 0.717) is 13.2 Å². The predicted molar refractivity (Wildman–Crippen MR) is 45.5 cm³/mol. The highest BCUT2D eigenvalue weighted by Crippen LogP contribution is 2.19. The first-order valence-corrected chi connectivity index (χ1v) is 4.32. The molecule has 3 heteroatoms. The Kier molecular flexibility index (Phi) is 3.30. The van der Waals surface area contributed by atoms with Gasteiger partial charge in [0.25, 0.3) is 0 Å². The molecule has 1 fully saturated rings. The third kappa shape index (κ3) is 2.77. The van der Waals surface area contributed by atoms with Crippen molar-refractivity contribution in [1.82, 2.24) is 5.32 Å². The van der Waals surface area contributed by atoms with E-state index in [4.69, 9.17) is 10.5 Å². The van der Waals surface area contributed by atoms with E-state index >= 15 is 0 Å². The summed E-state index contributed by atoms with van der Waals surface area (Å²) in [6.07, 6.45) is 2.36. The molecule has 0 amide bonds. The highest BCUT2D eigenvalue weighted by Gasteiger charge is 2.26. The first-order valence-electron chi connectivity index (χ1n) is 4.32. The number of ether oxygens (including phenoxy) is 1. The number of nitrogens with two attached hydrogens (primary N) is 1.